The van der Waals surface area contributed by atoms with E-state index >= 15 is 0 Å². The highest BCUT2D eigenvalue weighted by molar-refractivity contribution is 6.00. The molecule has 0 fully saturated rings. The first-order valence-electron chi connectivity index (χ1n) is 7.76. The molecule has 2 aromatic heterocycles. The molecule has 0 saturated carbocycles. The zero-order valence-corrected chi connectivity index (χ0v) is 13.1. The van der Waals surface area contributed by atoms with Crippen LogP contribution >= 0.6 is 0 Å². The van der Waals surface area contributed by atoms with Crippen LogP contribution in [0.1, 0.15) is 27.5 Å². The van der Waals surface area contributed by atoms with Crippen molar-refractivity contribution >= 4 is 5.91 Å². The second kappa shape index (κ2) is 5.65. The topological polar surface area (TPSA) is 80.3 Å². The van der Waals surface area contributed by atoms with Gasteiger partial charge in [-0.1, -0.05) is 24.3 Å². The normalized spacial score (nSPS) is 19.2. The van der Waals surface area contributed by atoms with Gasteiger partial charge in [0.25, 0.3) is 5.91 Å². The smallest absolute Gasteiger partial charge is 0.255 e. The van der Waals surface area contributed by atoms with Crippen LogP contribution in [0.25, 0.3) is 11.3 Å². The van der Waals surface area contributed by atoms with Crippen molar-refractivity contribution in [2.75, 3.05) is 0 Å². The van der Waals surface area contributed by atoms with Crippen molar-refractivity contribution < 1.29 is 14.3 Å². The summed E-state index contributed by atoms with van der Waals surface area (Å²) in [5.41, 5.74) is 3.79. The Morgan fingerprint density at radius 2 is 2.21 bits per heavy atom. The number of aliphatic hydroxyl groups is 1. The van der Waals surface area contributed by atoms with E-state index in [1.165, 1.54) is 0 Å². The van der Waals surface area contributed by atoms with Crippen LogP contribution in [0.4, 0.5) is 0 Å². The van der Waals surface area contributed by atoms with Crippen LogP contribution in [0.15, 0.2) is 53.5 Å². The van der Waals surface area contributed by atoms with Crippen LogP contribution in [-0.2, 0) is 13.5 Å². The number of carbonyl (C=O) groups excluding carboxylic acids is 1. The number of hydrogen-bond acceptors (Lipinski definition) is 4. The Hall–Kier alpha value is -2.86. The number of aryl methyl sites for hydroxylation is 1. The molecule has 1 amide bonds. The number of rotatable bonds is 3. The lowest BCUT2D eigenvalue weighted by Crippen LogP contribution is -2.34. The molecule has 122 valence electrons. The van der Waals surface area contributed by atoms with Gasteiger partial charge in [-0.3, -0.25) is 9.48 Å². The van der Waals surface area contributed by atoms with Gasteiger partial charge < -0.3 is 14.8 Å². The molecule has 1 aromatic carbocycles. The Morgan fingerprint density at radius 1 is 1.38 bits per heavy atom. The van der Waals surface area contributed by atoms with E-state index in [1.54, 1.807) is 36.5 Å². The molecule has 2 atom stereocenters. The number of carbonyl (C=O) groups is 1. The molecule has 0 radical (unpaired) electrons. The Kier molecular flexibility index (Phi) is 3.46. The van der Waals surface area contributed by atoms with Crippen molar-refractivity contribution in [2.24, 2.45) is 7.05 Å². The summed E-state index contributed by atoms with van der Waals surface area (Å²) in [4.78, 5) is 12.8. The van der Waals surface area contributed by atoms with Crippen LogP contribution in [0.2, 0.25) is 0 Å². The van der Waals surface area contributed by atoms with E-state index < -0.39 is 12.1 Å². The summed E-state index contributed by atoms with van der Waals surface area (Å²) in [5, 5.41) is 17.6. The summed E-state index contributed by atoms with van der Waals surface area (Å²) in [6.07, 6.45) is 4.69. The third kappa shape index (κ3) is 2.41. The van der Waals surface area contributed by atoms with Gasteiger partial charge in [-0.2, -0.15) is 5.10 Å². The highest BCUT2D eigenvalue weighted by Gasteiger charge is 2.33. The summed E-state index contributed by atoms with van der Waals surface area (Å²) in [7, 11) is 1.76. The van der Waals surface area contributed by atoms with Gasteiger partial charge in [0.2, 0.25) is 0 Å². The lowest BCUT2D eigenvalue weighted by Gasteiger charge is -2.17. The minimum atomic E-state index is -0.625. The van der Waals surface area contributed by atoms with Crippen molar-refractivity contribution in [3.8, 4) is 11.3 Å². The van der Waals surface area contributed by atoms with E-state index in [0.29, 0.717) is 17.7 Å². The molecule has 6 nitrogen and oxygen atoms in total. The van der Waals surface area contributed by atoms with Gasteiger partial charge in [0, 0.05) is 25.2 Å². The third-order valence-corrected chi connectivity index (χ3v) is 4.36. The molecule has 4 rings (SSSR count). The fraction of sp³-hybridized carbons (Fsp3) is 0.222. The number of benzene rings is 1. The quantitative estimate of drug-likeness (QED) is 0.773. The number of fused-ring (bicyclic) bond motifs is 1. The van der Waals surface area contributed by atoms with Crippen molar-refractivity contribution in [2.45, 2.75) is 18.6 Å². The minimum absolute atomic E-state index is 0.264. The maximum absolute atomic E-state index is 12.8. The maximum atomic E-state index is 12.8. The summed E-state index contributed by atoms with van der Waals surface area (Å²) >= 11 is 0. The van der Waals surface area contributed by atoms with Crippen LogP contribution < -0.4 is 5.32 Å². The van der Waals surface area contributed by atoms with Gasteiger partial charge in [-0.05, 0) is 17.2 Å². The molecule has 1 aliphatic carbocycles. The molecule has 0 bridgehead atoms. The highest BCUT2D eigenvalue weighted by atomic mass is 16.3. The lowest BCUT2D eigenvalue weighted by molar-refractivity contribution is 0.0858. The summed E-state index contributed by atoms with van der Waals surface area (Å²) in [6.45, 7) is 0. The van der Waals surface area contributed by atoms with Crippen molar-refractivity contribution in [1.29, 1.82) is 0 Å². The van der Waals surface area contributed by atoms with Gasteiger partial charge in [0.15, 0.2) is 0 Å². The standard InChI is InChI=1S/C18H17N3O3/c1-21-9-14(16(20-21)12-6-7-24-10-12)18(23)19-17-13-5-3-2-4-11(13)8-15(17)22/h2-7,9-10,15,17,22H,8H2,1H3,(H,19,23)/t15-,17+/m0/s1. The van der Waals surface area contributed by atoms with E-state index in [0.717, 1.165) is 16.7 Å². The first-order valence-corrected chi connectivity index (χ1v) is 7.76. The fourth-order valence-electron chi connectivity index (χ4n) is 3.23. The molecule has 3 aromatic rings. The Balaban J connectivity index is 1.64. The second-order valence-corrected chi connectivity index (χ2v) is 6.00. The number of nitrogens with one attached hydrogen (secondary N) is 1. The minimum Gasteiger partial charge on any atom is -0.472 e. The van der Waals surface area contributed by atoms with Crippen molar-refractivity contribution in [3.63, 3.8) is 0 Å². The van der Waals surface area contributed by atoms with Crippen LogP contribution in [0.5, 0.6) is 0 Å². The lowest BCUT2D eigenvalue weighted by atomic mass is 10.1. The predicted octanol–water partition coefficient (Wildman–Crippen LogP) is 2.07. The SMILES string of the molecule is Cn1cc(C(=O)N[C@@H]2c3ccccc3C[C@@H]2O)c(-c2ccoc2)n1. The van der Waals surface area contributed by atoms with E-state index in [1.807, 2.05) is 24.3 Å². The molecule has 0 unspecified atom stereocenters. The van der Waals surface area contributed by atoms with Crippen LogP contribution in [0.3, 0.4) is 0 Å². The van der Waals surface area contributed by atoms with Crippen molar-refractivity contribution in [3.05, 3.63) is 65.7 Å². The van der Waals surface area contributed by atoms with Gasteiger partial charge in [0.1, 0.15) is 5.69 Å². The first-order chi connectivity index (χ1) is 11.6. The zero-order valence-electron chi connectivity index (χ0n) is 13.1. The monoisotopic (exact) mass is 323 g/mol. The zero-order chi connectivity index (χ0) is 16.7. The van der Waals surface area contributed by atoms with E-state index in [-0.39, 0.29) is 5.91 Å². The predicted molar refractivity (Wildman–Crippen MR) is 87.3 cm³/mol. The summed E-state index contributed by atoms with van der Waals surface area (Å²) in [6, 6.07) is 9.12. The van der Waals surface area contributed by atoms with Gasteiger partial charge in [-0.15, -0.1) is 0 Å². The molecule has 0 aliphatic heterocycles. The molecular weight excluding hydrogens is 306 g/mol. The fourth-order valence-corrected chi connectivity index (χ4v) is 3.23. The summed E-state index contributed by atoms with van der Waals surface area (Å²) in [5.74, 6) is -0.264. The summed E-state index contributed by atoms with van der Waals surface area (Å²) < 4.78 is 6.68. The molecule has 24 heavy (non-hydrogen) atoms. The Labute approximate surface area is 138 Å². The number of aliphatic hydroxyl groups excluding tert-OH is 1. The van der Waals surface area contributed by atoms with E-state index in [2.05, 4.69) is 10.4 Å². The molecule has 2 heterocycles. The highest BCUT2D eigenvalue weighted by Crippen LogP contribution is 2.32. The van der Waals surface area contributed by atoms with Crippen LogP contribution in [-0.4, -0.2) is 26.9 Å². The largest absolute Gasteiger partial charge is 0.472 e. The Bertz CT molecular complexity index is 883. The van der Waals surface area contributed by atoms with E-state index in [4.69, 9.17) is 4.42 Å². The van der Waals surface area contributed by atoms with Crippen molar-refractivity contribution in [1.82, 2.24) is 15.1 Å². The first kappa shape index (κ1) is 14.7. The number of aromatic nitrogens is 2. The number of furan rings is 1. The Morgan fingerprint density at radius 3 is 3.00 bits per heavy atom. The second-order valence-electron chi connectivity index (χ2n) is 6.00. The van der Waals surface area contributed by atoms with Gasteiger partial charge in [0.05, 0.1) is 30.2 Å². The third-order valence-electron chi connectivity index (χ3n) is 4.36. The maximum Gasteiger partial charge on any atom is 0.255 e. The number of amides is 1. The average molecular weight is 323 g/mol. The average Bonchev–Trinajstić information content (AvgIpc) is 3.27. The van der Waals surface area contributed by atoms with Gasteiger partial charge in [-0.25, -0.2) is 0 Å². The van der Waals surface area contributed by atoms with Gasteiger partial charge >= 0.3 is 0 Å². The number of hydrogen-bond donors (Lipinski definition) is 2. The van der Waals surface area contributed by atoms with E-state index in [9.17, 15) is 9.90 Å². The number of nitrogens with zero attached hydrogens (tertiary/aromatic N) is 2. The molecule has 6 heteroatoms. The molecular formula is C18H17N3O3. The molecule has 0 spiro atoms. The molecule has 0 saturated heterocycles. The van der Waals surface area contributed by atoms with Crippen LogP contribution in [0, 0.1) is 0 Å². The molecule has 2 N–H and O–H groups in total. The molecule has 1 aliphatic rings.